The zero-order chi connectivity index (χ0) is 19.9. The third-order valence-corrected chi connectivity index (χ3v) is 5.42. The quantitative estimate of drug-likeness (QED) is 0.461. The molecule has 0 saturated heterocycles. The first-order valence-corrected chi connectivity index (χ1v) is 10.0. The molecule has 2 heterocycles. The van der Waals surface area contributed by atoms with Crippen molar-refractivity contribution in [3.8, 4) is 0 Å². The number of anilines is 1. The van der Waals surface area contributed by atoms with E-state index in [1.807, 2.05) is 46.8 Å². The number of pyridine rings is 1. The van der Waals surface area contributed by atoms with Gasteiger partial charge in [-0.3, -0.25) is 4.79 Å². The van der Waals surface area contributed by atoms with E-state index in [9.17, 15) is 4.79 Å². The van der Waals surface area contributed by atoms with Crippen molar-refractivity contribution in [2.75, 3.05) is 5.32 Å². The molecule has 1 N–H and O–H groups in total. The topological polar surface area (TPSA) is 55.1 Å². The highest BCUT2D eigenvalue weighted by Gasteiger charge is 2.19. The van der Waals surface area contributed by atoms with Crippen LogP contribution < -0.4 is 10.7 Å². The van der Waals surface area contributed by atoms with Gasteiger partial charge in [0.25, 0.3) is 0 Å². The predicted molar refractivity (Wildman–Crippen MR) is 115 cm³/mol. The minimum Gasteiger partial charge on any atom is -0.460 e. The summed E-state index contributed by atoms with van der Waals surface area (Å²) in [5, 5.41) is 4.47. The standard InChI is InChI=1S/C21H22BrClN2O2/c1-10(2)19-12(4)18(26)15-9-11(3)8-14(20(15)27-19)13(5)24-16-6-7-17(23)25-21(16)22/h6-10,13,24H,1-5H3. The molecule has 4 nitrogen and oxygen atoms in total. The number of fused-ring (bicyclic) bond motifs is 1. The van der Waals surface area contributed by atoms with Gasteiger partial charge in [-0.05, 0) is 60.5 Å². The highest BCUT2D eigenvalue weighted by Crippen LogP contribution is 2.32. The zero-order valence-electron chi connectivity index (χ0n) is 16.0. The number of aromatic nitrogens is 1. The molecule has 1 unspecified atom stereocenters. The van der Waals surface area contributed by atoms with Gasteiger partial charge in [0.05, 0.1) is 17.1 Å². The molecule has 0 fully saturated rings. The molecule has 0 aliphatic heterocycles. The van der Waals surface area contributed by atoms with Gasteiger partial charge in [0.15, 0.2) is 5.43 Å². The van der Waals surface area contributed by atoms with Gasteiger partial charge >= 0.3 is 0 Å². The number of aryl methyl sites for hydroxylation is 1. The van der Waals surface area contributed by atoms with Crippen LogP contribution in [0.3, 0.4) is 0 Å². The Hall–Kier alpha value is -1.85. The van der Waals surface area contributed by atoms with Crippen molar-refractivity contribution in [2.24, 2.45) is 0 Å². The van der Waals surface area contributed by atoms with Crippen molar-refractivity contribution >= 4 is 44.2 Å². The van der Waals surface area contributed by atoms with Gasteiger partial charge in [-0.15, -0.1) is 0 Å². The zero-order valence-corrected chi connectivity index (χ0v) is 18.3. The van der Waals surface area contributed by atoms with Gasteiger partial charge in [0.2, 0.25) is 0 Å². The lowest BCUT2D eigenvalue weighted by molar-refractivity contribution is 0.499. The normalized spacial score (nSPS) is 12.6. The Kier molecular flexibility index (Phi) is 5.63. The van der Waals surface area contributed by atoms with Crippen LogP contribution in [0.25, 0.3) is 11.0 Å². The molecule has 3 aromatic rings. The first-order chi connectivity index (χ1) is 12.7. The molecule has 0 aliphatic rings. The molecule has 1 aromatic carbocycles. The van der Waals surface area contributed by atoms with Gasteiger partial charge in [0, 0.05) is 17.0 Å². The van der Waals surface area contributed by atoms with Crippen LogP contribution >= 0.6 is 27.5 Å². The Bertz CT molecular complexity index is 1080. The number of nitrogens with one attached hydrogen (secondary N) is 1. The predicted octanol–water partition coefficient (Wildman–Crippen LogP) is 6.52. The number of benzene rings is 1. The Morgan fingerprint density at radius 3 is 2.52 bits per heavy atom. The SMILES string of the molecule is Cc1cc(C(C)Nc2ccc(Cl)nc2Br)c2oc(C(C)C)c(C)c(=O)c2c1. The minimum atomic E-state index is -0.0995. The lowest BCUT2D eigenvalue weighted by atomic mass is 9.98. The number of nitrogens with zero attached hydrogens (tertiary/aromatic N) is 1. The van der Waals surface area contributed by atoms with Gasteiger partial charge in [-0.2, -0.15) is 0 Å². The third-order valence-electron chi connectivity index (χ3n) is 4.61. The summed E-state index contributed by atoms with van der Waals surface area (Å²) in [5.74, 6) is 0.869. The summed E-state index contributed by atoms with van der Waals surface area (Å²) >= 11 is 9.36. The first-order valence-electron chi connectivity index (χ1n) is 8.85. The largest absolute Gasteiger partial charge is 0.460 e. The number of halogens is 2. The molecule has 27 heavy (non-hydrogen) atoms. The van der Waals surface area contributed by atoms with Crippen molar-refractivity contribution in [3.63, 3.8) is 0 Å². The second-order valence-corrected chi connectivity index (χ2v) is 8.28. The van der Waals surface area contributed by atoms with E-state index in [-0.39, 0.29) is 17.4 Å². The summed E-state index contributed by atoms with van der Waals surface area (Å²) in [4.78, 5) is 17.1. The van der Waals surface area contributed by atoms with Crippen LogP contribution in [0.4, 0.5) is 5.69 Å². The van der Waals surface area contributed by atoms with Crippen LogP contribution in [0.5, 0.6) is 0 Å². The van der Waals surface area contributed by atoms with E-state index < -0.39 is 0 Å². The fourth-order valence-electron chi connectivity index (χ4n) is 3.29. The molecule has 2 aromatic heterocycles. The molecular formula is C21H22BrClN2O2. The third kappa shape index (κ3) is 3.90. The van der Waals surface area contributed by atoms with E-state index in [0.717, 1.165) is 22.6 Å². The number of hydrogen-bond acceptors (Lipinski definition) is 4. The van der Waals surface area contributed by atoms with E-state index >= 15 is 0 Å². The van der Waals surface area contributed by atoms with Crippen LogP contribution in [0, 0.1) is 13.8 Å². The minimum absolute atomic E-state index is 0.0337. The van der Waals surface area contributed by atoms with Crippen molar-refractivity contribution in [3.05, 3.63) is 66.7 Å². The number of hydrogen-bond donors (Lipinski definition) is 1. The Balaban J connectivity index is 2.16. The fourth-order valence-corrected chi connectivity index (χ4v) is 3.97. The molecule has 0 amide bonds. The van der Waals surface area contributed by atoms with Gasteiger partial charge in [-0.1, -0.05) is 31.5 Å². The van der Waals surface area contributed by atoms with Crippen LogP contribution in [0.15, 0.2) is 38.1 Å². The van der Waals surface area contributed by atoms with Crippen molar-refractivity contribution in [1.82, 2.24) is 4.98 Å². The lowest BCUT2D eigenvalue weighted by Gasteiger charge is -2.20. The van der Waals surface area contributed by atoms with Crippen LogP contribution in [-0.2, 0) is 0 Å². The summed E-state index contributed by atoms with van der Waals surface area (Å²) < 4.78 is 6.88. The van der Waals surface area contributed by atoms with Gasteiger partial charge in [0.1, 0.15) is 21.1 Å². The van der Waals surface area contributed by atoms with Crippen molar-refractivity contribution < 1.29 is 4.42 Å². The summed E-state index contributed by atoms with van der Waals surface area (Å²) in [6.07, 6.45) is 0. The monoisotopic (exact) mass is 448 g/mol. The molecule has 0 spiro atoms. The number of rotatable bonds is 4. The average Bonchev–Trinajstić information content (AvgIpc) is 2.60. The van der Waals surface area contributed by atoms with E-state index in [4.69, 9.17) is 16.0 Å². The van der Waals surface area contributed by atoms with Crippen LogP contribution in [0.1, 0.15) is 55.2 Å². The maximum Gasteiger partial charge on any atom is 0.195 e. The molecular weight excluding hydrogens is 428 g/mol. The molecule has 0 aliphatic carbocycles. The Morgan fingerprint density at radius 1 is 1.19 bits per heavy atom. The molecule has 1 atom stereocenters. The second kappa shape index (κ2) is 7.64. The maximum absolute atomic E-state index is 12.9. The summed E-state index contributed by atoms with van der Waals surface area (Å²) in [6.45, 7) is 9.91. The van der Waals surface area contributed by atoms with E-state index in [1.165, 1.54) is 0 Å². The van der Waals surface area contributed by atoms with E-state index in [0.29, 0.717) is 26.3 Å². The Morgan fingerprint density at radius 2 is 1.89 bits per heavy atom. The van der Waals surface area contributed by atoms with Crippen LogP contribution in [0.2, 0.25) is 5.15 Å². The second-order valence-electron chi connectivity index (χ2n) is 7.14. The van der Waals surface area contributed by atoms with E-state index in [1.54, 1.807) is 6.07 Å². The van der Waals surface area contributed by atoms with E-state index in [2.05, 4.69) is 32.3 Å². The van der Waals surface area contributed by atoms with Gasteiger partial charge in [-0.25, -0.2) is 4.98 Å². The highest BCUT2D eigenvalue weighted by molar-refractivity contribution is 9.10. The van der Waals surface area contributed by atoms with Crippen molar-refractivity contribution in [2.45, 2.75) is 46.6 Å². The summed E-state index contributed by atoms with van der Waals surface area (Å²) in [6, 6.07) is 7.45. The van der Waals surface area contributed by atoms with Gasteiger partial charge < -0.3 is 9.73 Å². The molecule has 0 saturated carbocycles. The molecule has 142 valence electrons. The summed E-state index contributed by atoms with van der Waals surface area (Å²) in [5.41, 5.74) is 4.12. The van der Waals surface area contributed by atoms with Crippen molar-refractivity contribution in [1.29, 1.82) is 0 Å². The molecule has 0 bridgehead atoms. The maximum atomic E-state index is 12.9. The first kappa shape index (κ1) is 19.9. The average molecular weight is 450 g/mol. The highest BCUT2D eigenvalue weighted by atomic mass is 79.9. The molecule has 6 heteroatoms. The fraction of sp³-hybridized carbons (Fsp3) is 0.333. The Labute approximate surface area is 172 Å². The smallest absolute Gasteiger partial charge is 0.195 e. The summed E-state index contributed by atoms with van der Waals surface area (Å²) in [7, 11) is 0. The lowest BCUT2D eigenvalue weighted by Crippen LogP contribution is -2.14. The molecule has 3 rings (SSSR count). The molecule has 0 radical (unpaired) electrons. The van der Waals surface area contributed by atoms with Crippen LogP contribution in [-0.4, -0.2) is 4.98 Å².